The summed E-state index contributed by atoms with van der Waals surface area (Å²) in [6, 6.07) is 0.216. The van der Waals surface area contributed by atoms with Crippen molar-refractivity contribution in [1.29, 1.82) is 0 Å². The summed E-state index contributed by atoms with van der Waals surface area (Å²) in [5, 5.41) is 7.93. The van der Waals surface area contributed by atoms with Gasteiger partial charge >= 0.3 is 12.0 Å². The minimum absolute atomic E-state index is 0.0122. The molecule has 2 fully saturated rings. The van der Waals surface area contributed by atoms with E-state index in [4.69, 9.17) is 9.72 Å². The van der Waals surface area contributed by atoms with E-state index in [0.29, 0.717) is 18.4 Å². The summed E-state index contributed by atoms with van der Waals surface area (Å²) in [6.07, 6.45) is 7.41. The van der Waals surface area contributed by atoms with Crippen molar-refractivity contribution in [1.82, 2.24) is 20.5 Å². The van der Waals surface area contributed by atoms with Crippen LogP contribution in [0.4, 0.5) is 4.79 Å². The number of hydrogen-bond acceptors (Lipinski definition) is 6. The molecule has 8 heteroatoms. The van der Waals surface area contributed by atoms with Gasteiger partial charge in [0.2, 0.25) is 0 Å². The second kappa shape index (κ2) is 11.0. The van der Waals surface area contributed by atoms with E-state index in [0.717, 1.165) is 77.5 Å². The van der Waals surface area contributed by atoms with Gasteiger partial charge in [0.15, 0.2) is 0 Å². The van der Waals surface area contributed by atoms with Crippen molar-refractivity contribution in [2.45, 2.75) is 77.2 Å². The van der Waals surface area contributed by atoms with Crippen LogP contribution in [0, 0.1) is 11.8 Å². The number of amides is 2. The Morgan fingerprint density at radius 3 is 2.56 bits per heavy atom. The van der Waals surface area contributed by atoms with Gasteiger partial charge < -0.3 is 20.3 Å². The van der Waals surface area contributed by atoms with Crippen molar-refractivity contribution >= 4 is 23.3 Å². The van der Waals surface area contributed by atoms with Gasteiger partial charge in [0, 0.05) is 49.4 Å². The molecule has 3 aliphatic rings. The van der Waals surface area contributed by atoms with Gasteiger partial charge in [0.1, 0.15) is 0 Å². The number of hydrogen-bond donors (Lipinski definition) is 2. The standard InChI is InChI=1S/C24H38N4O3S/c1-16(2)15-31-23(29)18-3-5-19(6-4-18)26-24(30)28-13-9-17(10-14-28)22-27-20-7-11-25-12-8-21(20)32-22/h16-19,25H,3-15H2,1-2H3,(H,26,30)/t18-,19-. The summed E-state index contributed by atoms with van der Waals surface area (Å²) in [6.45, 7) is 8.24. The predicted octanol–water partition coefficient (Wildman–Crippen LogP) is 3.48. The molecule has 0 aromatic carbocycles. The van der Waals surface area contributed by atoms with Crippen molar-refractivity contribution in [2.24, 2.45) is 11.8 Å². The smallest absolute Gasteiger partial charge is 0.317 e. The first-order valence-electron chi connectivity index (χ1n) is 12.4. The quantitative estimate of drug-likeness (QED) is 0.655. The monoisotopic (exact) mass is 462 g/mol. The Bertz CT molecular complexity index is 757. The number of esters is 1. The number of carbonyl (C=O) groups excluding carboxylic acids is 2. The number of nitrogens with zero attached hydrogens (tertiary/aromatic N) is 2. The summed E-state index contributed by atoms with van der Waals surface area (Å²) in [5.41, 5.74) is 1.29. The Morgan fingerprint density at radius 1 is 1.12 bits per heavy atom. The number of carbonyl (C=O) groups is 2. The summed E-state index contributed by atoms with van der Waals surface area (Å²) in [5.74, 6) is 0.765. The third-order valence-corrected chi connectivity index (χ3v) is 8.26. The van der Waals surface area contributed by atoms with Gasteiger partial charge in [-0.2, -0.15) is 0 Å². The van der Waals surface area contributed by atoms with Gasteiger partial charge in [-0.1, -0.05) is 13.8 Å². The van der Waals surface area contributed by atoms with E-state index in [1.165, 1.54) is 15.6 Å². The predicted molar refractivity (Wildman–Crippen MR) is 126 cm³/mol. The number of likely N-dealkylation sites (tertiary alicyclic amines) is 1. The molecular formula is C24H38N4O3S. The number of nitrogens with one attached hydrogen (secondary N) is 2. The molecule has 1 aliphatic carbocycles. The molecule has 0 unspecified atom stereocenters. The fourth-order valence-electron chi connectivity index (χ4n) is 4.94. The molecule has 0 atom stereocenters. The van der Waals surface area contributed by atoms with Crippen LogP contribution in [0.25, 0.3) is 0 Å². The highest BCUT2D eigenvalue weighted by molar-refractivity contribution is 7.11. The molecule has 2 amide bonds. The highest BCUT2D eigenvalue weighted by Gasteiger charge is 2.31. The zero-order valence-electron chi connectivity index (χ0n) is 19.5. The van der Waals surface area contributed by atoms with E-state index in [-0.39, 0.29) is 24.0 Å². The van der Waals surface area contributed by atoms with Crippen LogP contribution in [0.3, 0.4) is 0 Å². The van der Waals surface area contributed by atoms with Crippen molar-refractivity contribution < 1.29 is 14.3 Å². The molecule has 2 N–H and O–H groups in total. The number of rotatable bonds is 5. The highest BCUT2D eigenvalue weighted by atomic mass is 32.1. The lowest BCUT2D eigenvalue weighted by Gasteiger charge is -2.34. The molecule has 0 bridgehead atoms. The Hall–Kier alpha value is -1.67. The van der Waals surface area contributed by atoms with Crippen LogP contribution in [-0.4, -0.2) is 60.7 Å². The molecule has 0 radical (unpaired) electrons. The molecule has 1 aromatic heterocycles. The molecule has 3 heterocycles. The van der Waals surface area contributed by atoms with Crippen molar-refractivity contribution in [3.05, 3.63) is 15.6 Å². The lowest BCUT2D eigenvalue weighted by molar-refractivity contribution is -0.150. The lowest BCUT2D eigenvalue weighted by atomic mass is 9.86. The molecule has 1 saturated carbocycles. The lowest BCUT2D eigenvalue weighted by Crippen LogP contribution is -2.48. The third kappa shape index (κ3) is 6.01. The Morgan fingerprint density at radius 2 is 1.84 bits per heavy atom. The third-order valence-electron chi connectivity index (χ3n) is 6.94. The average Bonchev–Trinajstić information content (AvgIpc) is 3.08. The Balaban J connectivity index is 1.19. The number of aromatic nitrogens is 1. The molecule has 2 aliphatic heterocycles. The second-order valence-electron chi connectivity index (χ2n) is 9.96. The van der Waals surface area contributed by atoms with E-state index in [1.54, 1.807) is 0 Å². The summed E-state index contributed by atoms with van der Waals surface area (Å²) < 4.78 is 5.39. The van der Waals surface area contributed by atoms with Gasteiger partial charge in [-0.15, -0.1) is 11.3 Å². The zero-order valence-corrected chi connectivity index (χ0v) is 20.3. The SMILES string of the molecule is CC(C)COC(=O)[C@H]1CC[C@H](NC(=O)N2CCC(c3nc4c(s3)CCNCC4)CC2)CC1. The van der Waals surface area contributed by atoms with Gasteiger partial charge in [-0.05, 0) is 50.9 Å². The van der Waals surface area contributed by atoms with E-state index in [9.17, 15) is 9.59 Å². The maximum Gasteiger partial charge on any atom is 0.317 e. The van der Waals surface area contributed by atoms with Gasteiger partial charge in [0.25, 0.3) is 0 Å². The molecule has 7 nitrogen and oxygen atoms in total. The summed E-state index contributed by atoms with van der Waals surface area (Å²) in [4.78, 5) is 33.4. The normalized spacial score (nSPS) is 24.7. The van der Waals surface area contributed by atoms with Crippen molar-refractivity contribution in [3.63, 3.8) is 0 Å². The molecular weight excluding hydrogens is 424 g/mol. The maximum atomic E-state index is 12.8. The van der Waals surface area contributed by atoms with E-state index in [1.807, 2.05) is 30.1 Å². The average molecular weight is 463 g/mol. The minimum atomic E-state index is -0.0682. The number of urea groups is 1. The fraction of sp³-hybridized carbons (Fsp3) is 0.792. The van der Waals surface area contributed by atoms with E-state index >= 15 is 0 Å². The zero-order chi connectivity index (χ0) is 22.5. The number of ether oxygens (including phenoxy) is 1. The fourth-order valence-corrected chi connectivity index (χ4v) is 6.22. The van der Waals surface area contributed by atoms with Crippen LogP contribution >= 0.6 is 11.3 Å². The summed E-state index contributed by atoms with van der Waals surface area (Å²) >= 11 is 1.89. The second-order valence-corrected chi connectivity index (χ2v) is 11.1. The maximum absolute atomic E-state index is 12.8. The topological polar surface area (TPSA) is 83.6 Å². The first-order chi connectivity index (χ1) is 15.5. The summed E-state index contributed by atoms with van der Waals surface area (Å²) in [7, 11) is 0. The van der Waals surface area contributed by atoms with E-state index in [2.05, 4.69) is 10.6 Å². The first kappa shape index (κ1) is 23.5. The number of piperidine rings is 1. The number of fused-ring (bicyclic) bond motifs is 1. The van der Waals surface area contributed by atoms with E-state index < -0.39 is 0 Å². The van der Waals surface area contributed by atoms with Crippen LogP contribution in [-0.2, 0) is 22.4 Å². The number of thiazole rings is 1. The van der Waals surface area contributed by atoms with Crippen LogP contribution < -0.4 is 10.6 Å². The van der Waals surface area contributed by atoms with Gasteiger partial charge in [0.05, 0.1) is 23.2 Å². The Labute approximate surface area is 195 Å². The molecule has 4 rings (SSSR count). The minimum Gasteiger partial charge on any atom is -0.465 e. The highest BCUT2D eigenvalue weighted by Crippen LogP contribution is 2.34. The molecule has 178 valence electrons. The van der Waals surface area contributed by atoms with Crippen LogP contribution in [0.1, 0.15) is 73.9 Å². The Kier molecular flexibility index (Phi) is 8.05. The van der Waals surface area contributed by atoms with Gasteiger partial charge in [-0.3, -0.25) is 4.79 Å². The van der Waals surface area contributed by atoms with Crippen molar-refractivity contribution in [2.75, 3.05) is 32.8 Å². The molecule has 1 saturated heterocycles. The van der Waals surface area contributed by atoms with Crippen LogP contribution in [0.2, 0.25) is 0 Å². The van der Waals surface area contributed by atoms with Gasteiger partial charge in [-0.25, -0.2) is 9.78 Å². The van der Waals surface area contributed by atoms with Crippen LogP contribution in [0.5, 0.6) is 0 Å². The van der Waals surface area contributed by atoms with Crippen LogP contribution in [0.15, 0.2) is 0 Å². The molecule has 32 heavy (non-hydrogen) atoms. The first-order valence-corrected chi connectivity index (χ1v) is 13.2. The van der Waals surface area contributed by atoms with Crippen molar-refractivity contribution in [3.8, 4) is 0 Å². The largest absolute Gasteiger partial charge is 0.465 e. The molecule has 0 spiro atoms. The molecule has 1 aromatic rings.